The monoisotopic (exact) mass is 450 g/mol. The SMILES string of the molecule is CCCCCCn1c(SC(C)C(=O)NC(=O)NCC)nc2sc3c(c2c1=O)CCC3. The number of thioether (sulfide) groups is 1. The van der Waals surface area contributed by atoms with Crippen molar-refractivity contribution in [2.75, 3.05) is 6.54 Å². The van der Waals surface area contributed by atoms with E-state index in [0.717, 1.165) is 55.2 Å². The van der Waals surface area contributed by atoms with Crippen LogP contribution in [0.15, 0.2) is 9.95 Å². The van der Waals surface area contributed by atoms with E-state index in [1.807, 2.05) is 0 Å². The second kappa shape index (κ2) is 10.4. The maximum Gasteiger partial charge on any atom is 0.321 e. The number of carbonyl (C=O) groups is 2. The highest BCUT2D eigenvalue weighted by atomic mass is 32.2. The van der Waals surface area contributed by atoms with Crippen molar-refractivity contribution < 1.29 is 9.59 Å². The first-order valence-electron chi connectivity index (χ1n) is 10.8. The molecule has 2 heterocycles. The van der Waals surface area contributed by atoms with E-state index in [-0.39, 0.29) is 5.56 Å². The minimum atomic E-state index is -0.550. The van der Waals surface area contributed by atoms with Crippen molar-refractivity contribution in [2.45, 2.75) is 82.7 Å². The fourth-order valence-electron chi connectivity index (χ4n) is 3.67. The van der Waals surface area contributed by atoms with E-state index in [2.05, 4.69) is 17.6 Å². The quantitative estimate of drug-likeness (QED) is 0.344. The Morgan fingerprint density at radius 1 is 1.23 bits per heavy atom. The van der Waals surface area contributed by atoms with E-state index in [4.69, 9.17) is 4.98 Å². The highest BCUT2D eigenvalue weighted by molar-refractivity contribution is 8.00. The standard InChI is InChI=1S/C21H30N4O3S2/c1-4-6-7-8-12-25-19(27)16-14-10-9-11-15(14)30-18(16)24-21(25)29-13(3)17(26)23-20(28)22-5-2/h13H,4-12H2,1-3H3,(H2,22,23,26,28). The molecular formula is C21H30N4O3S2. The first-order chi connectivity index (χ1) is 14.5. The summed E-state index contributed by atoms with van der Waals surface area (Å²) in [6, 6.07) is -0.509. The van der Waals surface area contributed by atoms with Gasteiger partial charge in [0.25, 0.3) is 5.56 Å². The number of nitrogens with one attached hydrogen (secondary N) is 2. The predicted molar refractivity (Wildman–Crippen MR) is 123 cm³/mol. The maximum atomic E-state index is 13.4. The smallest absolute Gasteiger partial charge is 0.321 e. The zero-order valence-corrected chi connectivity index (χ0v) is 19.5. The van der Waals surface area contributed by atoms with Crippen LogP contribution in [0.25, 0.3) is 10.2 Å². The number of hydrogen-bond acceptors (Lipinski definition) is 6. The van der Waals surface area contributed by atoms with Gasteiger partial charge in [-0.1, -0.05) is 37.9 Å². The average molecular weight is 451 g/mol. The molecule has 3 amide bonds. The molecule has 0 saturated heterocycles. The van der Waals surface area contributed by atoms with Crippen molar-refractivity contribution in [3.8, 4) is 0 Å². The molecule has 2 aromatic rings. The normalized spacial score (nSPS) is 14.0. The van der Waals surface area contributed by atoms with E-state index >= 15 is 0 Å². The number of urea groups is 1. The average Bonchev–Trinajstić information content (AvgIpc) is 3.28. The van der Waals surface area contributed by atoms with E-state index in [1.165, 1.54) is 22.2 Å². The Labute approximate surface area is 185 Å². The van der Waals surface area contributed by atoms with Gasteiger partial charge in [0.2, 0.25) is 5.91 Å². The summed E-state index contributed by atoms with van der Waals surface area (Å²) in [5.74, 6) is -0.397. The molecule has 1 unspecified atom stereocenters. The van der Waals surface area contributed by atoms with Crippen LogP contribution >= 0.6 is 23.1 Å². The Morgan fingerprint density at radius 2 is 2.03 bits per heavy atom. The number of rotatable bonds is 9. The van der Waals surface area contributed by atoms with Gasteiger partial charge in [-0.3, -0.25) is 19.5 Å². The summed E-state index contributed by atoms with van der Waals surface area (Å²) in [4.78, 5) is 44.3. The lowest BCUT2D eigenvalue weighted by Gasteiger charge is -2.15. The van der Waals surface area contributed by atoms with Crippen LogP contribution in [0.2, 0.25) is 0 Å². The van der Waals surface area contributed by atoms with Crippen molar-refractivity contribution in [2.24, 2.45) is 0 Å². The molecule has 0 bridgehead atoms. The van der Waals surface area contributed by atoms with Crippen molar-refractivity contribution in [3.05, 3.63) is 20.8 Å². The van der Waals surface area contributed by atoms with E-state index in [9.17, 15) is 14.4 Å². The minimum Gasteiger partial charge on any atom is -0.338 e. The van der Waals surface area contributed by atoms with Crippen LogP contribution in [0, 0.1) is 0 Å². The number of carbonyl (C=O) groups excluding carboxylic acids is 2. The second-order valence-electron chi connectivity index (χ2n) is 7.56. The molecule has 2 N–H and O–H groups in total. The molecule has 1 aliphatic rings. The molecule has 2 aromatic heterocycles. The molecule has 1 aliphatic carbocycles. The van der Waals surface area contributed by atoms with Crippen molar-refractivity contribution in [1.82, 2.24) is 20.2 Å². The van der Waals surface area contributed by atoms with Crippen LogP contribution in [-0.4, -0.2) is 33.3 Å². The number of amides is 3. The number of nitrogens with zero attached hydrogens (tertiary/aromatic N) is 2. The largest absolute Gasteiger partial charge is 0.338 e. The Bertz CT molecular complexity index is 983. The van der Waals surface area contributed by atoms with Gasteiger partial charge in [-0.05, 0) is 45.1 Å². The molecule has 3 rings (SSSR count). The summed E-state index contributed by atoms with van der Waals surface area (Å²) in [5, 5.41) is 5.67. The van der Waals surface area contributed by atoms with Crippen molar-refractivity contribution in [1.29, 1.82) is 0 Å². The topological polar surface area (TPSA) is 93.1 Å². The van der Waals surface area contributed by atoms with E-state index < -0.39 is 17.2 Å². The summed E-state index contributed by atoms with van der Waals surface area (Å²) < 4.78 is 1.74. The van der Waals surface area contributed by atoms with Crippen LogP contribution in [0.5, 0.6) is 0 Å². The fourth-order valence-corrected chi connectivity index (χ4v) is 5.91. The van der Waals surface area contributed by atoms with Gasteiger partial charge in [-0.25, -0.2) is 9.78 Å². The summed E-state index contributed by atoms with van der Waals surface area (Å²) in [6.45, 7) is 6.71. The third-order valence-electron chi connectivity index (χ3n) is 5.25. The Morgan fingerprint density at radius 3 is 2.77 bits per heavy atom. The van der Waals surface area contributed by atoms with Crippen LogP contribution in [0.4, 0.5) is 4.79 Å². The minimum absolute atomic E-state index is 0.00901. The number of thiophene rings is 1. The number of aryl methyl sites for hydroxylation is 2. The highest BCUT2D eigenvalue weighted by Gasteiger charge is 2.25. The molecule has 0 radical (unpaired) electrons. The van der Waals surface area contributed by atoms with Crippen LogP contribution < -0.4 is 16.2 Å². The van der Waals surface area contributed by atoms with Gasteiger partial charge in [0.1, 0.15) is 4.83 Å². The summed E-state index contributed by atoms with van der Waals surface area (Å²) in [5.41, 5.74) is 1.18. The maximum absolute atomic E-state index is 13.4. The van der Waals surface area contributed by atoms with Crippen molar-refractivity contribution >= 4 is 45.3 Å². The van der Waals surface area contributed by atoms with Gasteiger partial charge in [0, 0.05) is 18.0 Å². The molecule has 1 atom stereocenters. The summed E-state index contributed by atoms with van der Waals surface area (Å²) >= 11 is 2.84. The van der Waals surface area contributed by atoms with Crippen molar-refractivity contribution in [3.63, 3.8) is 0 Å². The number of hydrogen-bond donors (Lipinski definition) is 2. The molecular weight excluding hydrogens is 420 g/mol. The van der Waals surface area contributed by atoms with Crippen LogP contribution in [0.3, 0.4) is 0 Å². The molecule has 7 nitrogen and oxygen atoms in total. The third kappa shape index (κ3) is 5.06. The molecule has 0 aromatic carbocycles. The Balaban J connectivity index is 1.88. The van der Waals surface area contributed by atoms with Crippen LogP contribution in [-0.2, 0) is 24.2 Å². The number of imide groups is 1. The molecule has 0 fully saturated rings. The number of aromatic nitrogens is 2. The molecule has 0 spiro atoms. The lowest BCUT2D eigenvalue weighted by atomic mass is 10.2. The number of fused-ring (bicyclic) bond motifs is 3. The highest BCUT2D eigenvalue weighted by Crippen LogP contribution is 2.36. The zero-order valence-electron chi connectivity index (χ0n) is 17.9. The van der Waals surface area contributed by atoms with Crippen LogP contribution in [0.1, 0.15) is 63.3 Å². The lowest BCUT2D eigenvalue weighted by Crippen LogP contribution is -2.42. The Hall–Kier alpha value is -1.87. The first-order valence-corrected chi connectivity index (χ1v) is 12.5. The Kier molecular flexibility index (Phi) is 7.93. The van der Waals surface area contributed by atoms with Gasteiger partial charge in [0.15, 0.2) is 5.16 Å². The third-order valence-corrected chi connectivity index (χ3v) is 7.53. The second-order valence-corrected chi connectivity index (χ2v) is 9.95. The lowest BCUT2D eigenvalue weighted by molar-refractivity contribution is -0.119. The molecule has 9 heteroatoms. The van der Waals surface area contributed by atoms with Gasteiger partial charge in [-0.15, -0.1) is 11.3 Å². The molecule has 0 aliphatic heterocycles. The first kappa shape index (κ1) is 22.8. The van der Waals surface area contributed by atoms with Gasteiger partial charge in [0.05, 0.1) is 10.6 Å². The van der Waals surface area contributed by atoms with E-state index in [1.54, 1.807) is 29.8 Å². The zero-order chi connectivity index (χ0) is 21.7. The van der Waals surface area contributed by atoms with Gasteiger partial charge in [-0.2, -0.15) is 0 Å². The number of unbranched alkanes of at least 4 members (excludes halogenated alkanes) is 3. The summed E-state index contributed by atoms with van der Waals surface area (Å²) in [7, 11) is 0. The molecule has 164 valence electrons. The van der Waals surface area contributed by atoms with Gasteiger partial charge >= 0.3 is 6.03 Å². The molecule has 0 saturated carbocycles. The predicted octanol–water partition coefficient (Wildman–Crippen LogP) is 3.85. The summed E-state index contributed by atoms with van der Waals surface area (Å²) in [6.07, 6.45) is 7.27. The fraction of sp³-hybridized carbons (Fsp3) is 0.619. The van der Waals surface area contributed by atoms with Gasteiger partial charge < -0.3 is 5.32 Å². The van der Waals surface area contributed by atoms with E-state index in [0.29, 0.717) is 18.2 Å². The molecule has 30 heavy (non-hydrogen) atoms.